The average Bonchev–Trinajstić information content (AvgIpc) is 3.14. The van der Waals surface area contributed by atoms with Gasteiger partial charge in [0.25, 0.3) is 5.91 Å². The first-order chi connectivity index (χ1) is 13.2. The van der Waals surface area contributed by atoms with Gasteiger partial charge in [-0.2, -0.15) is 0 Å². The molecule has 2 fully saturated rings. The van der Waals surface area contributed by atoms with Crippen LogP contribution in [0.4, 0.5) is 0 Å². The Hall–Kier alpha value is -1.75. The molecule has 0 radical (unpaired) electrons. The number of carbonyl (C=O) groups is 1. The van der Waals surface area contributed by atoms with Crippen LogP contribution in [0.15, 0.2) is 18.2 Å². The van der Waals surface area contributed by atoms with Gasteiger partial charge < -0.3 is 14.8 Å². The first-order valence-corrected chi connectivity index (χ1v) is 10.5. The molecular weight excluding hydrogens is 340 g/mol. The average molecular weight is 375 g/mol. The lowest BCUT2D eigenvalue weighted by Gasteiger charge is -2.31. The van der Waals surface area contributed by atoms with Crippen molar-refractivity contribution in [3.05, 3.63) is 23.8 Å². The van der Waals surface area contributed by atoms with E-state index in [0.29, 0.717) is 29.7 Å². The molecule has 1 unspecified atom stereocenters. The molecule has 1 atom stereocenters. The van der Waals surface area contributed by atoms with Gasteiger partial charge in [-0.05, 0) is 63.3 Å². The second-order valence-corrected chi connectivity index (χ2v) is 7.80. The molecule has 0 bridgehead atoms. The number of benzene rings is 1. The minimum atomic E-state index is -0.0388. The lowest BCUT2D eigenvalue weighted by molar-refractivity contribution is 0.0936. The molecule has 1 aromatic rings. The van der Waals surface area contributed by atoms with Crippen LogP contribution in [0.2, 0.25) is 0 Å². The Morgan fingerprint density at radius 1 is 1.15 bits per heavy atom. The van der Waals surface area contributed by atoms with Crippen molar-refractivity contribution in [2.24, 2.45) is 5.92 Å². The first kappa shape index (κ1) is 20.0. The molecule has 1 amide bonds. The van der Waals surface area contributed by atoms with Gasteiger partial charge >= 0.3 is 0 Å². The normalized spacial score (nSPS) is 21.2. The van der Waals surface area contributed by atoms with Crippen LogP contribution >= 0.6 is 0 Å². The van der Waals surface area contributed by atoms with E-state index in [1.54, 1.807) is 25.3 Å². The lowest BCUT2D eigenvalue weighted by atomic mass is 9.89. The zero-order valence-corrected chi connectivity index (χ0v) is 16.8. The summed E-state index contributed by atoms with van der Waals surface area (Å²) in [6.07, 6.45) is 9.36. The van der Waals surface area contributed by atoms with Crippen LogP contribution in [0.1, 0.15) is 62.2 Å². The number of hydrogen-bond donors (Lipinski definition) is 1. The number of amides is 1. The predicted octanol–water partition coefficient (Wildman–Crippen LogP) is 3.87. The molecule has 1 aliphatic heterocycles. The smallest absolute Gasteiger partial charge is 0.251 e. The number of methoxy groups -OCH3 is 1. The summed E-state index contributed by atoms with van der Waals surface area (Å²) in [6, 6.07) is 5.84. The second-order valence-electron chi connectivity index (χ2n) is 7.80. The van der Waals surface area contributed by atoms with Crippen LogP contribution in [-0.2, 0) is 0 Å². The van der Waals surface area contributed by atoms with Crippen molar-refractivity contribution in [2.45, 2.75) is 57.9 Å². The number of rotatable bonds is 8. The van der Waals surface area contributed by atoms with Crippen molar-refractivity contribution in [1.82, 2.24) is 10.2 Å². The summed E-state index contributed by atoms with van der Waals surface area (Å²) in [5.74, 6) is 2.09. The van der Waals surface area contributed by atoms with Crippen molar-refractivity contribution in [2.75, 3.05) is 33.4 Å². The molecule has 1 heterocycles. The van der Waals surface area contributed by atoms with E-state index in [1.165, 1.54) is 58.0 Å². The first-order valence-electron chi connectivity index (χ1n) is 10.5. The quantitative estimate of drug-likeness (QED) is 0.750. The maximum Gasteiger partial charge on any atom is 0.251 e. The third-order valence-electron chi connectivity index (χ3n) is 5.94. The van der Waals surface area contributed by atoms with Crippen molar-refractivity contribution in [3.8, 4) is 11.5 Å². The van der Waals surface area contributed by atoms with Gasteiger partial charge in [-0.3, -0.25) is 9.69 Å². The minimum Gasteiger partial charge on any atom is -0.493 e. The van der Waals surface area contributed by atoms with Gasteiger partial charge in [-0.15, -0.1) is 0 Å². The molecule has 5 nitrogen and oxygen atoms in total. The van der Waals surface area contributed by atoms with Gasteiger partial charge in [0.05, 0.1) is 13.7 Å². The molecule has 1 aliphatic carbocycles. The third-order valence-corrected chi connectivity index (χ3v) is 5.94. The molecule has 0 spiro atoms. The molecule has 1 N–H and O–H groups in total. The van der Waals surface area contributed by atoms with E-state index in [0.717, 1.165) is 12.5 Å². The Morgan fingerprint density at radius 3 is 2.70 bits per heavy atom. The van der Waals surface area contributed by atoms with Gasteiger partial charge in [-0.1, -0.05) is 19.3 Å². The number of ether oxygens (including phenoxy) is 2. The van der Waals surface area contributed by atoms with Crippen LogP contribution in [0, 0.1) is 5.92 Å². The molecule has 1 saturated carbocycles. The van der Waals surface area contributed by atoms with Gasteiger partial charge in [0.2, 0.25) is 0 Å². The molecule has 2 aliphatic rings. The highest BCUT2D eigenvalue weighted by Crippen LogP contribution is 2.29. The van der Waals surface area contributed by atoms with Crippen molar-refractivity contribution in [1.29, 1.82) is 0 Å². The highest BCUT2D eigenvalue weighted by Gasteiger charge is 2.27. The summed E-state index contributed by atoms with van der Waals surface area (Å²) in [5.41, 5.74) is 0.621. The zero-order chi connectivity index (χ0) is 19.1. The van der Waals surface area contributed by atoms with E-state index in [9.17, 15) is 4.79 Å². The topological polar surface area (TPSA) is 50.8 Å². The van der Waals surface area contributed by atoms with Crippen molar-refractivity contribution >= 4 is 5.91 Å². The number of likely N-dealkylation sites (tertiary alicyclic amines) is 1. The van der Waals surface area contributed by atoms with E-state index >= 15 is 0 Å². The van der Waals surface area contributed by atoms with E-state index in [2.05, 4.69) is 10.2 Å². The van der Waals surface area contributed by atoms with Gasteiger partial charge in [0, 0.05) is 24.7 Å². The predicted molar refractivity (Wildman–Crippen MR) is 108 cm³/mol. The molecular formula is C22H34N2O3. The minimum absolute atomic E-state index is 0.0388. The van der Waals surface area contributed by atoms with E-state index in [-0.39, 0.29) is 5.91 Å². The fourth-order valence-electron chi connectivity index (χ4n) is 4.47. The van der Waals surface area contributed by atoms with E-state index in [4.69, 9.17) is 9.47 Å². The second kappa shape index (κ2) is 9.98. The number of nitrogens with one attached hydrogen (secondary N) is 1. The summed E-state index contributed by atoms with van der Waals surface area (Å²) in [6.45, 7) is 5.57. The maximum atomic E-state index is 12.6. The highest BCUT2D eigenvalue weighted by atomic mass is 16.5. The fraction of sp³-hybridized carbons (Fsp3) is 0.682. The molecule has 3 rings (SSSR count). The lowest BCUT2D eigenvalue weighted by Crippen LogP contribution is -2.42. The van der Waals surface area contributed by atoms with E-state index < -0.39 is 0 Å². The molecule has 0 aromatic heterocycles. The molecule has 27 heavy (non-hydrogen) atoms. The Labute approximate surface area is 163 Å². The van der Waals surface area contributed by atoms with Gasteiger partial charge in [0.1, 0.15) is 0 Å². The third kappa shape index (κ3) is 5.38. The summed E-state index contributed by atoms with van der Waals surface area (Å²) in [7, 11) is 1.61. The summed E-state index contributed by atoms with van der Waals surface area (Å²) >= 11 is 0. The van der Waals surface area contributed by atoms with Crippen LogP contribution < -0.4 is 14.8 Å². The molecule has 1 saturated heterocycles. The Morgan fingerprint density at radius 2 is 1.96 bits per heavy atom. The SMILES string of the molecule is CCOc1cc(C(=O)NCC2CCCN2CC2CCCCC2)ccc1OC. The standard InChI is InChI=1S/C22H34N2O3/c1-3-27-21-14-18(11-12-20(21)26-2)22(25)23-15-19-10-7-13-24(19)16-17-8-5-4-6-9-17/h11-12,14,17,19H,3-10,13,15-16H2,1-2H3,(H,23,25). The van der Waals surface area contributed by atoms with Gasteiger partial charge in [-0.25, -0.2) is 0 Å². The van der Waals surface area contributed by atoms with Crippen molar-refractivity contribution < 1.29 is 14.3 Å². The summed E-state index contributed by atoms with van der Waals surface area (Å²) in [5, 5.41) is 3.14. The van der Waals surface area contributed by atoms with Crippen molar-refractivity contribution in [3.63, 3.8) is 0 Å². The molecule has 1 aromatic carbocycles. The molecule has 150 valence electrons. The molecule has 5 heteroatoms. The number of carbonyl (C=O) groups excluding carboxylic acids is 1. The van der Waals surface area contributed by atoms with Crippen LogP contribution in [0.3, 0.4) is 0 Å². The van der Waals surface area contributed by atoms with Crippen LogP contribution in [0.25, 0.3) is 0 Å². The number of hydrogen-bond acceptors (Lipinski definition) is 4. The summed E-state index contributed by atoms with van der Waals surface area (Å²) in [4.78, 5) is 15.2. The maximum absolute atomic E-state index is 12.6. The van der Waals surface area contributed by atoms with Crippen LogP contribution in [0.5, 0.6) is 11.5 Å². The Kier molecular flexibility index (Phi) is 7.39. The highest BCUT2D eigenvalue weighted by molar-refractivity contribution is 5.94. The Balaban J connectivity index is 1.54. The van der Waals surface area contributed by atoms with Gasteiger partial charge in [0.15, 0.2) is 11.5 Å². The fourth-order valence-corrected chi connectivity index (χ4v) is 4.47. The largest absolute Gasteiger partial charge is 0.493 e. The monoisotopic (exact) mass is 374 g/mol. The zero-order valence-electron chi connectivity index (χ0n) is 16.8. The van der Waals surface area contributed by atoms with Crippen LogP contribution in [-0.4, -0.2) is 50.2 Å². The van der Waals surface area contributed by atoms with E-state index in [1.807, 2.05) is 6.92 Å². The summed E-state index contributed by atoms with van der Waals surface area (Å²) < 4.78 is 10.9. The number of nitrogens with zero attached hydrogens (tertiary/aromatic N) is 1. The Bertz CT molecular complexity index is 614.